The number of hydrogen-bond donors (Lipinski definition) is 2. The molecule has 0 spiro atoms. The second kappa shape index (κ2) is 11.1. The molecule has 4 rings (SSSR count). The van der Waals surface area contributed by atoms with Crippen LogP contribution in [0, 0.1) is 12.8 Å². The largest absolute Gasteiger partial charge is 0.345 e. The molecule has 1 aliphatic rings. The van der Waals surface area contributed by atoms with Crippen LogP contribution in [0.3, 0.4) is 0 Å². The van der Waals surface area contributed by atoms with E-state index >= 15 is 0 Å². The predicted molar refractivity (Wildman–Crippen MR) is 140 cm³/mol. The van der Waals surface area contributed by atoms with E-state index in [2.05, 4.69) is 10.6 Å². The Labute approximate surface area is 212 Å². The number of amides is 2. The van der Waals surface area contributed by atoms with Crippen molar-refractivity contribution in [2.75, 3.05) is 18.4 Å². The summed E-state index contributed by atoms with van der Waals surface area (Å²) in [5.41, 5.74) is 2.71. The number of carbonyl (C=O) groups is 2. The summed E-state index contributed by atoms with van der Waals surface area (Å²) in [5.74, 6) is -1.11. The fourth-order valence-corrected chi connectivity index (χ4v) is 5.88. The maximum atomic E-state index is 13.2. The summed E-state index contributed by atoms with van der Waals surface area (Å²) in [7, 11) is -3.69. The summed E-state index contributed by atoms with van der Waals surface area (Å²) in [6, 6.07) is 23.0. The van der Waals surface area contributed by atoms with Gasteiger partial charge in [-0.3, -0.25) is 9.59 Å². The number of rotatable bonds is 7. The molecule has 36 heavy (non-hydrogen) atoms. The molecule has 188 valence electrons. The average molecular weight is 506 g/mol. The summed E-state index contributed by atoms with van der Waals surface area (Å²) in [4.78, 5) is 26.4. The molecule has 1 heterocycles. The SMILES string of the molecule is Cc1ccc(S(=O)(=O)N2CCC[C@H](C(=O)Nc3ccccc3C(=O)N[C@@H](C)c3ccccc3)C2)cc1. The third kappa shape index (κ3) is 5.83. The van der Waals surface area contributed by atoms with Crippen LogP contribution in [-0.4, -0.2) is 37.6 Å². The Morgan fingerprint density at radius 2 is 1.61 bits per heavy atom. The number of aryl methyl sites for hydroxylation is 1. The molecule has 7 nitrogen and oxygen atoms in total. The van der Waals surface area contributed by atoms with Crippen LogP contribution >= 0.6 is 0 Å². The van der Waals surface area contributed by atoms with Gasteiger partial charge in [0.05, 0.1) is 28.1 Å². The molecule has 2 amide bonds. The van der Waals surface area contributed by atoms with Crippen molar-refractivity contribution >= 4 is 27.5 Å². The summed E-state index contributed by atoms with van der Waals surface area (Å²) in [6.45, 7) is 4.27. The second-order valence-electron chi connectivity index (χ2n) is 9.16. The van der Waals surface area contributed by atoms with Crippen molar-refractivity contribution < 1.29 is 18.0 Å². The molecule has 3 aromatic carbocycles. The van der Waals surface area contributed by atoms with Crippen molar-refractivity contribution in [3.05, 3.63) is 95.6 Å². The van der Waals surface area contributed by atoms with Crippen LogP contribution in [0.25, 0.3) is 0 Å². The number of carbonyl (C=O) groups excluding carboxylic acids is 2. The number of anilines is 1. The van der Waals surface area contributed by atoms with Crippen LogP contribution in [0.15, 0.2) is 83.8 Å². The molecule has 0 aliphatic carbocycles. The van der Waals surface area contributed by atoms with Crippen molar-refractivity contribution in [1.29, 1.82) is 0 Å². The molecule has 8 heteroatoms. The first kappa shape index (κ1) is 25.6. The average Bonchev–Trinajstić information content (AvgIpc) is 2.89. The van der Waals surface area contributed by atoms with Crippen LogP contribution < -0.4 is 10.6 Å². The van der Waals surface area contributed by atoms with E-state index in [1.54, 1.807) is 48.5 Å². The molecule has 0 bridgehead atoms. The number of hydrogen-bond acceptors (Lipinski definition) is 4. The molecule has 0 radical (unpaired) electrons. The quantitative estimate of drug-likeness (QED) is 0.493. The zero-order valence-electron chi connectivity index (χ0n) is 20.5. The lowest BCUT2D eigenvalue weighted by molar-refractivity contribution is -0.120. The van der Waals surface area contributed by atoms with Crippen LogP contribution in [0.4, 0.5) is 5.69 Å². The molecule has 3 aromatic rings. The van der Waals surface area contributed by atoms with E-state index in [-0.39, 0.29) is 29.3 Å². The first-order chi connectivity index (χ1) is 17.3. The molecule has 1 fully saturated rings. The summed E-state index contributed by atoms with van der Waals surface area (Å²) < 4.78 is 27.6. The van der Waals surface area contributed by atoms with Crippen molar-refractivity contribution in [2.24, 2.45) is 5.92 Å². The molecular formula is C28H31N3O4S. The van der Waals surface area contributed by atoms with Crippen LogP contribution in [0.2, 0.25) is 0 Å². The predicted octanol–water partition coefficient (Wildman–Crippen LogP) is 4.53. The van der Waals surface area contributed by atoms with Gasteiger partial charge in [-0.2, -0.15) is 4.31 Å². The first-order valence-corrected chi connectivity index (χ1v) is 13.5. The Bertz CT molecular complexity index is 1320. The van der Waals surface area contributed by atoms with Gasteiger partial charge in [-0.25, -0.2) is 8.42 Å². The number of nitrogens with one attached hydrogen (secondary N) is 2. The maximum Gasteiger partial charge on any atom is 0.253 e. The second-order valence-corrected chi connectivity index (χ2v) is 11.1. The number of piperidine rings is 1. The lowest BCUT2D eigenvalue weighted by atomic mass is 9.98. The fraction of sp³-hybridized carbons (Fsp3) is 0.286. The third-order valence-corrected chi connectivity index (χ3v) is 8.37. The zero-order valence-corrected chi connectivity index (χ0v) is 21.3. The standard InChI is InChI=1S/C28H31N3O4S/c1-20-14-16-24(17-15-20)36(34,35)31-18-8-11-23(19-31)27(32)30-26-13-7-6-12-25(26)28(33)29-21(2)22-9-4-3-5-10-22/h3-7,9-10,12-17,21,23H,8,11,18-19H2,1-2H3,(H,29,33)(H,30,32)/t21-,23-/m0/s1. The van der Waals surface area contributed by atoms with Gasteiger partial charge in [0.1, 0.15) is 0 Å². The lowest BCUT2D eigenvalue weighted by Crippen LogP contribution is -2.43. The molecule has 0 unspecified atom stereocenters. The van der Waals surface area contributed by atoms with E-state index in [0.717, 1.165) is 11.1 Å². The molecule has 2 atom stereocenters. The van der Waals surface area contributed by atoms with E-state index < -0.39 is 15.9 Å². The molecule has 0 saturated carbocycles. The van der Waals surface area contributed by atoms with E-state index in [0.29, 0.717) is 30.6 Å². The van der Waals surface area contributed by atoms with E-state index in [1.807, 2.05) is 44.2 Å². The fourth-order valence-electron chi connectivity index (χ4n) is 4.36. The smallest absolute Gasteiger partial charge is 0.253 e. The van der Waals surface area contributed by atoms with Crippen molar-refractivity contribution in [3.63, 3.8) is 0 Å². The topological polar surface area (TPSA) is 95.6 Å². The minimum Gasteiger partial charge on any atom is -0.345 e. The third-order valence-electron chi connectivity index (χ3n) is 6.49. The van der Waals surface area contributed by atoms with Crippen molar-refractivity contribution in [2.45, 2.75) is 37.6 Å². The first-order valence-electron chi connectivity index (χ1n) is 12.1. The Hall–Kier alpha value is -3.49. The highest BCUT2D eigenvalue weighted by Crippen LogP contribution is 2.26. The zero-order chi connectivity index (χ0) is 25.7. The number of para-hydroxylation sites is 1. The van der Waals surface area contributed by atoms with Gasteiger partial charge in [0.25, 0.3) is 5.91 Å². The lowest BCUT2D eigenvalue weighted by Gasteiger charge is -2.31. The van der Waals surface area contributed by atoms with E-state index in [1.165, 1.54) is 4.31 Å². The Morgan fingerprint density at radius 1 is 0.944 bits per heavy atom. The van der Waals surface area contributed by atoms with Gasteiger partial charge in [-0.15, -0.1) is 0 Å². The van der Waals surface area contributed by atoms with Gasteiger partial charge in [0, 0.05) is 13.1 Å². The number of nitrogens with zero attached hydrogens (tertiary/aromatic N) is 1. The van der Waals surface area contributed by atoms with Crippen LogP contribution in [0.1, 0.15) is 47.3 Å². The molecular weight excluding hydrogens is 474 g/mol. The van der Waals surface area contributed by atoms with E-state index in [4.69, 9.17) is 0 Å². The van der Waals surface area contributed by atoms with Crippen LogP contribution in [-0.2, 0) is 14.8 Å². The van der Waals surface area contributed by atoms with Gasteiger partial charge < -0.3 is 10.6 Å². The van der Waals surface area contributed by atoms with Gasteiger partial charge >= 0.3 is 0 Å². The highest BCUT2D eigenvalue weighted by atomic mass is 32.2. The van der Waals surface area contributed by atoms with Gasteiger partial charge in [0.15, 0.2) is 0 Å². The Balaban J connectivity index is 1.45. The van der Waals surface area contributed by atoms with E-state index in [9.17, 15) is 18.0 Å². The number of benzene rings is 3. The minimum absolute atomic E-state index is 0.0987. The summed E-state index contributed by atoms with van der Waals surface area (Å²) >= 11 is 0. The highest BCUT2D eigenvalue weighted by Gasteiger charge is 2.33. The Kier molecular flexibility index (Phi) is 7.86. The van der Waals surface area contributed by atoms with Gasteiger partial charge in [-0.05, 0) is 56.5 Å². The van der Waals surface area contributed by atoms with Crippen molar-refractivity contribution in [1.82, 2.24) is 9.62 Å². The van der Waals surface area contributed by atoms with Gasteiger partial charge in [-0.1, -0.05) is 60.2 Å². The normalized spacial score (nSPS) is 17.2. The monoisotopic (exact) mass is 505 g/mol. The van der Waals surface area contributed by atoms with Gasteiger partial charge in [0.2, 0.25) is 15.9 Å². The molecule has 1 saturated heterocycles. The summed E-state index contributed by atoms with van der Waals surface area (Å²) in [5, 5.41) is 5.85. The summed E-state index contributed by atoms with van der Waals surface area (Å²) in [6.07, 6.45) is 1.16. The molecule has 1 aliphatic heterocycles. The molecule has 2 N–H and O–H groups in total. The van der Waals surface area contributed by atoms with Crippen LogP contribution in [0.5, 0.6) is 0 Å². The Morgan fingerprint density at radius 3 is 2.33 bits per heavy atom. The minimum atomic E-state index is -3.69. The number of sulfonamides is 1. The maximum absolute atomic E-state index is 13.2. The van der Waals surface area contributed by atoms with Crippen molar-refractivity contribution in [3.8, 4) is 0 Å². The highest BCUT2D eigenvalue weighted by molar-refractivity contribution is 7.89. The molecule has 0 aromatic heterocycles.